The van der Waals surface area contributed by atoms with Gasteiger partial charge in [0.2, 0.25) is 0 Å². The molecule has 0 bridgehead atoms. The fourth-order valence-corrected chi connectivity index (χ4v) is 1.57. The van der Waals surface area contributed by atoms with Gasteiger partial charge in [0.25, 0.3) is 0 Å². The summed E-state index contributed by atoms with van der Waals surface area (Å²) >= 11 is 3.35. The van der Waals surface area contributed by atoms with Crippen LogP contribution < -0.4 is 4.90 Å². The molecule has 1 rings (SSSR count). The van der Waals surface area contributed by atoms with Gasteiger partial charge in [-0.1, -0.05) is 28.1 Å². The SMILES string of the molecule is C[NH+](C)CCC(=O)c1cccc(Br)c1. The number of rotatable bonds is 4. The molecule has 0 heterocycles. The number of halogens is 1. The van der Waals surface area contributed by atoms with Crippen molar-refractivity contribution in [3.05, 3.63) is 34.3 Å². The Morgan fingerprint density at radius 2 is 2.14 bits per heavy atom. The first-order valence-corrected chi connectivity index (χ1v) is 5.46. The first-order chi connectivity index (χ1) is 6.59. The Balaban J connectivity index is 2.61. The number of carbonyl (C=O) groups excluding carboxylic acids is 1. The number of hydrogen-bond donors (Lipinski definition) is 1. The summed E-state index contributed by atoms with van der Waals surface area (Å²) in [6.45, 7) is 0.880. The summed E-state index contributed by atoms with van der Waals surface area (Å²) in [4.78, 5) is 13.0. The lowest BCUT2D eigenvalue weighted by Gasteiger charge is -2.06. The van der Waals surface area contributed by atoms with Gasteiger partial charge in [0.15, 0.2) is 5.78 Å². The summed E-state index contributed by atoms with van der Waals surface area (Å²) in [5, 5.41) is 0. The molecule has 0 aliphatic rings. The number of benzene rings is 1. The van der Waals surface area contributed by atoms with Crippen LogP contribution in [0.2, 0.25) is 0 Å². The molecule has 0 amide bonds. The predicted molar refractivity (Wildman–Crippen MR) is 60.8 cm³/mol. The molecule has 0 fully saturated rings. The van der Waals surface area contributed by atoms with E-state index < -0.39 is 0 Å². The van der Waals surface area contributed by atoms with Crippen LogP contribution in [0.1, 0.15) is 16.8 Å². The highest BCUT2D eigenvalue weighted by molar-refractivity contribution is 9.10. The largest absolute Gasteiger partial charge is 0.339 e. The molecule has 0 aromatic heterocycles. The van der Waals surface area contributed by atoms with Crippen molar-refractivity contribution in [1.29, 1.82) is 0 Å². The maximum absolute atomic E-state index is 11.7. The van der Waals surface area contributed by atoms with E-state index in [0.29, 0.717) is 6.42 Å². The summed E-state index contributed by atoms with van der Waals surface area (Å²) in [5.41, 5.74) is 0.792. The Kier molecular flexibility index (Phi) is 4.29. The molecule has 1 aromatic carbocycles. The molecule has 0 saturated carbocycles. The van der Waals surface area contributed by atoms with E-state index in [1.165, 1.54) is 4.90 Å². The van der Waals surface area contributed by atoms with Crippen LogP contribution in [0.3, 0.4) is 0 Å². The summed E-state index contributed by atoms with van der Waals surface area (Å²) in [6.07, 6.45) is 0.610. The van der Waals surface area contributed by atoms with Crippen LogP contribution in [-0.2, 0) is 0 Å². The molecule has 2 nitrogen and oxygen atoms in total. The molecule has 14 heavy (non-hydrogen) atoms. The van der Waals surface area contributed by atoms with E-state index in [1.54, 1.807) is 0 Å². The zero-order valence-electron chi connectivity index (χ0n) is 8.51. The lowest BCUT2D eigenvalue weighted by Crippen LogP contribution is -3.05. The van der Waals surface area contributed by atoms with Crippen molar-refractivity contribution >= 4 is 21.7 Å². The van der Waals surface area contributed by atoms with Gasteiger partial charge in [0.1, 0.15) is 0 Å². The van der Waals surface area contributed by atoms with Crippen LogP contribution in [0.4, 0.5) is 0 Å². The third-order valence-electron chi connectivity index (χ3n) is 2.00. The molecule has 1 aromatic rings. The van der Waals surface area contributed by atoms with Gasteiger partial charge in [0.05, 0.1) is 27.1 Å². The minimum absolute atomic E-state index is 0.215. The normalized spacial score (nSPS) is 10.6. The van der Waals surface area contributed by atoms with Gasteiger partial charge in [-0.25, -0.2) is 0 Å². The van der Waals surface area contributed by atoms with Gasteiger partial charge in [-0.15, -0.1) is 0 Å². The van der Waals surface area contributed by atoms with E-state index in [-0.39, 0.29) is 5.78 Å². The van der Waals surface area contributed by atoms with Crippen LogP contribution >= 0.6 is 15.9 Å². The number of ketones is 1. The molecule has 0 aliphatic carbocycles. The zero-order valence-corrected chi connectivity index (χ0v) is 10.1. The third-order valence-corrected chi connectivity index (χ3v) is 2.49. The topological polar surface area (TPSA) is 21.5 Å². The van der Waals surface area contributed by atoms with Crippen molar-refractivity contribution in [1.82, 2.24) is 0 Å². The van der Waals surface area contributed by atoms with Crippen LogP contribution in [0.15, 0.2) is 28.7 Å². The molecule has 76 valence electrons. The Morgan fingerprint density at radius 3 is 2.71 bits per heavy atom. The van der Waals surface area contributed by atoms with Gasteiger partial charge in [-0.3, -0.25) is 4.79 Å². The number of nitrogens with one attached hydrogen (secondary N) is 1. The summed E-state index contributed by atoms with van der Waals surface area (Å²) in [7, 11) is 4.10. The first kappa shape index (κ1) is 11.4. The molecular weight excluding hydrogens is 242 g/mol. The molecule has 0 unspecified atom stereocenters. The zero-order chi connectivity index (χ0) is 10.6. The van der Waals surface area contributed by atoms with Gasteiger partial charge in [-0.05, 0) is 12.1 Å². The number of Topliss-reactive ketones (excluding diaryl/α,β-unsaturated/α-hetero) is 1. The highest BCUT2D eigenvalue weighted by Crippen LogP contribution is 2.12. The summed E-state index contributed by atoms with van der Waals surface area (Å²) in [6, 6.07) is 7.54. The fraction of sp³-hybridized carbons (Fsp3) is 0.364. The maximum atomic E-state index is 11.7. The minimum Gasteiger partial charge on any atom is -0.339 e. The average Bonchev–Trinajstić information content (AvgIpc) is 2.14. The Bertz CT molecular complexity index is 323. The van der Waals surface area contributed by atoms with Crippen molar-refractivity contribution in [2.75, 3.05) is 20.6 Å². The summed E-state index contributed by atoms with van der Waals surface area (Å²) in [5.74, 6) is 0.215. The average molecular weight is 257 g/mol. The van der Waals surface area contributed by atoms with E-state index in [9.17, 15) is 4.79 Å². The Labute approximate surface area is 93.0 Å². The molecule has 0 spiro atoms. The second-order valence-electron chi connectivity index (χ2n) is 3.64. The van der Waals surface area contributed by atoms with E-state index in [4.69, 9.17) is 0 Å². The lowest BCUT2D eigenvalue weighted by atomic mass is 10.1. The first-order valence-electron chi connectivity index (χ1n) is 4.67. The molecule has 0 saturated heterocycles. The second kappa shape index (κ2) is 5.27. The van der Waals surface area contributed by atoms with Crippen molar-refractivity contribution in [2.24, 2.45) is 0 Å². The number of carbonyl (C=O) groups is 1. The van der Waals surface area contributed by atoms with Gasteiger partial charge >= 0.3 is 0 Å². The van der Waals surface area contributed by atoms with E-state index >= 15 is 0 Å². The second-order valence-corrected chi connectivity index (χ2v) is 4.56. The monoisotopic (exact) mass is 256 g/mol. The predicted octanol–water partition coefficient (Wildman–Crippen LogP) is 1.17. The van der Waals surface area contributed by atoms with Crippen LogP contribution in [-0.4, -0.2) is 26.4 Å². The minimum atomic E-state index is 0.215. The van der Waals surface area contributed by atoms with Crippen LogP contribution in [0.5, 0.6) is 0 Å². The van der Waals surface area contributed by atoms with Crippen molar-refractivity contribution in [3.63, 3.8) is 0 Å². The fourth-order valence-electron chi connectivity index (χ4n) is 1.17. The molecule has 0 atom stereocenters. The lowest BCUT2D eigenvalue weighted by molar-refractivity contribution is -0.857. The van der Waals surface area contributed by atoms with Gasteiger partial charge in [0, 0.05) is 10.0 Å². The quantitative estimate of drug-likeness (QED) is 0.803. The van der Waals surface area contributed by atoms with Gasteiger partial charge < -0.3 is 4.90 Å². The van der Waals surface area contributed by atoms with E-state index in [1.807, 2.05) is 38.4 Å². The van der Waals surface area contributed by atoms with Crippen LogP contribution in [0, 0.1) is 0 Å². The van der Waals surface area contributed by atoms with E-state index in [0.717, 1.165) is 16.6 Å². The van der Waals surface area contributed by atoms with E-state index in [2.05, 4.69) is 15.9 Å². The maximum Gasteiger partial charge on any atom is 0.168 e. The highest BCUT2D eigenvalue weighted by atomic mass is 79.9. The molecule has 3 heteroatoms. The molecular formula is C11H15BrNO+. The molecule has 0 radical (unpaired) electrons. The smallest absolute Gasteiger partial charge is 0.168 e. The third kappa shape index (κ3) is 3.60. The Hall–Kier alpha value is -0.670. The van der Waals surface area contributed by atoms with Crippen molar-refractivity contribution in [3.8, 4) is 0 Å². The number of hydrogen-bond acceptors (Lipinski definition) is 1. The van der Waals surface area contributed by atoms with Crippen molar-refractivity contribution in [2.45, 2.75) is 6.42 Å². The molecule has 0 aliphatic heterocycles. The Morgan fingerprint density at radius 1 is 1.43 bits per heavy atom. The standard InChI is InChI=1S/C11H14BrNO/c1-13(2)7-6-11(14)9-4-3-5-10(12)8-9/h3-5,8H,6-7H2,1-2H3/p+1. The number of quaternary nitrogens is 1. The van der Waals surface area contributed by atoms with Gasteiger partial charge in [-0.2, -0.15) is 0 Å². The molecule has 1 N–H and O–H groups in total. The summed E-state index contributed by atoms with van der Waals surface area (Å²) < 4.78 is 0.959. The van der Waals surface area contributed by atoms with Crippen molar-refractivity contribution < 1.29 is 9.69 Å². The highest BCUT2D eigenvalue weighted by Gasteiger charge is 2.07. The van der Waals surface area contributed by atoms with Crippen LogP contribution in [0.25, 0.3) is 0 Å².